The molecule has 38 heavy (non-hydrogen) atoms. The van der Waals surface area contributed by atoms with Crippen molar-refractivity contribution in [3.63, 3.8) is 0 Å². The summed E-state index contributed by atoms with van der Waals surface area (Å²) in [6.07, 6.45) is 0. The lowest BCUT2D eigenvalue weighted by atomic mass is 10.0. The van der Waals surface area contributed by atoms with Gasteiger partial charge in [-0.25, -0.2) is 0 Å². The highest BCUT2D eigenvalue weighted by atomic mass is 32.1. The predicted octanol–water partition coefficient (Wildman–Crippen LogP) is 2.65. The van der Waals surface area contributed by atoms with Crippen LogP contribution in [0.5, 0.6) is 0 Å². The molecule has 0 unspecified atom stereocenters. The van der Waals surface area contributed by atoms with Crippen LogP contribution in [0.1, 0.15) is 0 Å². The van der Waals surface area contributed by atoms with Crippen molar-refractivity contribution in [2.75, 3.05) is 93.6 Å². The predicted molar refractivity (Wildman–Crippen MR) is 139 cm³/mol. The maximum Gasteiger partial charge on any atom is 0.435 e. The van der Waals surface area contributed by atoms with Gasteiger partial charge in [0.15, 0.2) is 0 Å². The molecule has 5 rings (SSSR count). The van der Waals surface area contributed by atoms with Crippen molar-refractivity contribution in [3.8, 4) is 10.4 Å². The van der Waals surface area contributed by atoms with Gasteiger partial charge in [0.1, 0.15) is 4.88 Å². The molecule has 3 saturated heterocycles. The van der Waals surface area contributed by atoms with Crippen molar-refractivity contribution >= 4 is 44.8 Å². The normalized spacial score (nSPS) is 18.5. The number of ether oxygens (including phenoxy) is 3. The molecule has 0 saturated carbocycles. The summed E-state index contributed by atoms with van der Waals surface area (Å²) in [6.45, 7) is 6.10. The summed E-state index contributed by atoms with van der Waals surface area (Å²) in [7, 11) is 0. The molecular weight excluding hydrogens is 524 g/mol. The molecule has 0 atom stereocenters. The Hall–Kier alpha value is -3.60. The van der Waals surface area contributed by atoms with E-state index in [1.54, 1.807) is 0 Å². The number of morpholine rings is 3. The van der Waals surface area contributed by atoms with Crippen molar-refractivity contribution in [3.05, 3.63) is 42.5 Å². The number of thiophene rings is 1. The number of nitro groups is 3. The van der Waals surface area contributed by atoms with Crippen LogP contribution in [0.15, 0.2) is 12.1 Å². The van der Waals surface area contributed by atoms with Crippen LogP contribution in [0.3, 0.4) is 0 Å². The van der Waals surface area contributed by atoms with Gasteiger partial charge in [-0.05, 0) is 23.5 Å². The second kappa shape index (κ2) is 11.0. The van der Waals surface area contributed by atoms with Crippen LogP contribution in [0.4, 0.5) is 33.4 Å². The second-order valence-electron chi connectivity index (χ2n) is 8.86. The van der Waals surface area contributed by atoms with Gasteiger partial charge in [-0.15, -0.1) is 0 Å². The van der Waals surface area contributed by atoms with E-state index in [0.29, 0.717) is 107 Å². The molecule has 15 nitrogen and oxygen atoms in total. The van der Waals surface area contributed by atoms with Gasteiger partial charge >= 0.3 is 16.4 Å². The van der Waals surface area contributed by atoms with Crippen molar-refractivity contribution in [2.45, 2.75) is 0 Å². The molecular formula is C22H26N6O9S. The van der Waals surface area contributed by atoms with Crippen molar-refractivity contribution in [2.24, 2.45) is 0 Å². The first kappa shape index (κ1) is 26.0. The third-order valence-corrected chi connectivity index (χ3v) is 7.90. The summed E-state index contributed by atoms with van der Waals surface area (Å²) in [5.41, 5.74) is 0.524. The number of hydrogen-bond donors (Lipinski definition) is 0. The van der Waals surface area contributed by atoms with E-state index in [4.69, 9.17) is 14.2 Å². The maximum atomic E-state index is 12.2. The van der Waals surface area contributed by atoms with Crippen molar-refractivity contribution < 1.29 is 29.0 Å². The summed E-state index contributed by atoms with van der Waals surface area (Å²) >= 11 is 0.470. The van der Waals surface area contributed by atoms with Crippen LogP contribution >= 0.6 is 11.3 Å². The summed E-state index contributed by atoms with van der Waals surface area (Å²) in [4.78, 5) is 39.1. The second-order valence-corrected chi connectivity index (χ2v) is 9.86. The van der Waals surface area contributed by atoms with Crippen LogP contribution in [0.25, 0.3) is 10.4 Å². The van der Waals surface area contributed by atoms with E-state index in [1.807, 2.05) is 21.9 Å². The molecule has 3 fully saturated rings. The van der Waals surface area contributed by atoms with E-state index in [1.165, 1.54) is 0 Å². The largest absolute Gasteiger partial charge is 0.435 e. The average Bonchev–Trinajstić information content (AvgIpc) is 3.35. The molecule has 0 bridgehead atoms. The smallest absolute Gasteiger partial charge is 0.378 e. The molecule has 4 heterocycles. The fourth-order valence-electron chi connectivity index (χ4n) is 4.97. The Morgan fingerprint density at radius 3 is 1.45 bits per heavy atom. The van der Waals surface area contributed by atoms with E-state index >= 15 is 0 Å². The van der Waals surface area contributed by atoms with Crippen molar-refractivity contribution in [1.82, 2.24) is 0 Å². The summed E-state index contributed by atoms with van der Waals surface area (Å²) in [5, 5.41) is 35.0. The van der Waals surface area contributed by atoms with Gasteiger partial charge in [0.25, 0.3) is 0 Å². The Kier molecular flexibility index (Phi) is 7.55. The summed E-state index contributed by atoms with van der Waals surface area (Å²) < 4.78 is 16.6. The van der Waals surface area contributed by atoms with Gasteiger partial charge in [-0.2, -0.15) is 0 Å². The molecule has 204 valence electrons. The highest BCUT2D eigenvalue weighted by Crippen LogP contribution is 2.56. The Morgan fingerprint density at radius 1 is 0.632 bits per heavy atom. The van der Waals surface area contributed by atoms with Crippen LogP contribution in [0, 0.1) is 30.3 Å². The fraction of sp³-hybridized carbons (Fsp3) is 0.545. The van der Waals surface area contributed by atoms with Gasteiger partial charge < -0.3 is 28.9 Å². The molecule has 0 N–H and O–H groups in total. The Labute approximate surface area is 220 Å². The molecule has 0 amide bonds. The van der Waals surface area contributed by atoms with E-state index in [-0.39, 0.29) is 4.88 Å². The average molecular weight is 551 g/mol. The maximum absolute atomic E-state index is 12.2. The van der Waals surface area contributed by atoms with Gasteiger partial charge in [0.2, 0.25) is 0 Å². The first-order valence-electron chi connectivity index (χ1n) is 12.1. The van der Waals surface area contributed by atoms with Crippen LogP contribution in [0.2, 0.25) is 0 Å². The van der Waals surface area contributed by atoms with Crippen molar-refractivity contribution in [1.29, 1.82) is 0 Å². The Morgan fingerprint density at radius 2 is 1.05 bits per heavy atom. The number of rotatable bonds is 7. The third-order valence-electron chi connectivity index (χ3n) is 6.76. The lowest BCUT2D eigenvalue weighted by Crippen LogP contribution is -2.40. The quantitative estimate of drug-likeness (QED) is 0.366. The number of benzene rings is 1. The summed E-state index contributed by atoms with van der Waals surface area (Å²) in [6, 6.07) is 3.83. The van der Waals surface area contributed by atoms with E-state index in [9.17, 15) is 30.3 Å². The first-order valence-corrected chi connectivity index (χ1v) is 12.9. The zero-order valence-electron chi connectivity index (χ0n) is 20.4. The third kappa shape index (κ3) is 4.94. The number of hydrogen-bond acceptors (Lipinski definition) is 13. The first-order chi connectivity index (χ1) is 18.4. The van der Waals surface area contributed by atoms with Gasteiger partial charge in [0.05, 0.1) is 54.4 Å². The van der Waals surface area contributed by atoms with Crippen LogP contribution in [-0.2, 0) is 14.2 Å². The SMILES string of the molecule is O=[N+]([O-])c1sc(-c2c(N3CCOCC3)cc(N3CCOCC3)cc2N2CCOCC2)c([N+](=O)[O-])c1[N+](=O)[O-]. The number of anilines is 3. The zero-order valence-corrected chi connectivity index (χ0v) is 21.2. The minimum atomic E-state index is -1.10. The zero-order chi connectivity index (χ0) is 26.8. The molecule has 16 heteroatoms. The van der Waals surface area contributed by atoms with E-state index in [0.717, 1.165) is 5.69 Å². The molecule has 1 aromatic heterocycles. The molecule has 0 aliphatic carbocycles. The molecule has 2 aromatic rings. The molecule has 0 spiro atoms. The molecule has 3 aliphatic rings. The van der Waals surface area contributed by atoms with Crippen LogP contribution < -0.4 is 14.7 Å². The molecule has 0 radical (unpaired) electrons. The lowest BCUT2D eigenvalue weighted by molar-refractivity contribution is -0.437. The van der Waals surface area contributed by atoms with E-state index < -0.39 is 31.1 Å². The number of nitrogens with zero attached hydrogens (tertiary/aromatic N) is 6. The van der Waals surface area contributed by atoms with Crippen LogP contribution in [-0.4, -0.2) is 93.7 Å². The van der Waals surface area contributed by atoms with Gasteiger partial charge in [0, 0.05) is 61.9 Å². The highest BCUT2D eigenvalue weighted by Gasteiger charge is 2.45. The minimum Gasteiger partial charge on any atom is -0.378 e. The fourth-order valence-corrected chi connectivity index (χ4v) is 6.09. The highest BCUT2D eigenvalue weighted by molar-refractivity contribution is 7.20. The molecule has 3 aliphatic heterocycles. The lowest BCUT2D eigenvalue weighted by Gasteiger charge is -2.37. The van der Waals surface area contributed by atoms with Gasteiger partial charge in [-0.3, -0.25) is 30.3 Å². The Balaban J connectivity index is 1.81. The topological polar surface area (TPSA) is 167 Å². The summed E-state index contributed by atoms with van der Waals surface area (Å²) in [5.74, 6) is 0. The standard InChI is InChI=1S/C22H26N6O9S/c29-26(30)19-20(27(31)32)22(28(33)34)38-21(19)18-16(24-3-9-36-10-4-24)13-15(23-1-7-35-8-2-23)14-17(18)25-5-11-37-12-6-25/h13-14H,1-12H2. The monoisotopic (exact) mass is 550 g/mol. The van der Waals surface area contributed by atoms with Gasteiger partial charge in [-0.1, -0.05) is 0 Å². The van der Waals surface area contributed by atoms with E-state index in [2.05, 4.69) is 4.90 Å². The minimum absolute atomic E-state index is 0.107. The Bertz CT molecular complexity index is 1200. The molecule has 1 aromatic carbocycles.